The third-order valence-corrected chi connectivity index (χ3v) is 2.38. The van der Waals surface area contributed by atoms with E-state index in [-0.39, 0.29) is 22.7 Å². The van der Waals surface area contributed by atoms with Gasteiger partial charge in [-0.3, -0.25) is 4.79 Å². The molecule has 0 aliphatic rings. The van der Waals surface area contributed by atoms with Crippen molar-refractivity contribution in [2.24, 2.45) is 5.73 Å². The SMILES string of the molecule is CC(C)(C)Oc1c(N)cc(C(N)=O)c(OC(C)(C)C)c1N. The molecule has 0 atom stereocenters. The van der Waals surface area contributed by atoms with E-state index >= 15 is 0 Å². The monoisotopic (exact) mass is 295 g/mol. The summed E-state index contributed by atoms with van der Waals surface area (Å²) in [6, 6.07) is 1.43. The van der Waals surface area contributed by atoms with Gasteiger partial charge in [-0.25, -0.2) is 0 Å². The van der Waals surface area contributed by atoms with E-state index in [1.54, 1.807) is 0 Å². The number of benzene rings is 1. The second kappa shape index (κ2) is 5.35. The van der Waals surface area contributed by atoms with E-state index in [9.17, 15) is 4.79 Å². The summed E-state index contributed by atoms with van der Waals surface area (Å²) in [4.78, 5) is 11.6. The van der Waals surface area contributed by atoms with Crippen LogP contribution in [0, 0.1) is 0 Å². The number of hydrogen-bond donors (Lipinski definition) is 3. The Kier molecular flexibility index (Phi) is 4.32. The lowest BCUT2D eigenvalue weighted by Gasteiger charge is -2.28. The van der Waals surface area contributed by atoms with E-state index in [0.717, 1.165) is 0 Å². The molecule has 0 aromatic heterocycles. The van der Waals surface area contributed by atoms with Gasteiger partial charge in [0.05, 0.1) is 11.3 Å². The molecule has 0 saturated carbocycles. The number of anilines is 2. The Labute approximate surface area is 125 Å². The normalized spacial score (nSPS) is 12.1. The van der Waals surface area contributed by atoms with E-state index < -0.39 is 17.1 Å². The highest BCUT2D eigenvalue weighted by atomic mass is 16.5. The molecule has 0 aliphatic carbocycles. The maximum atomic E-state index is 11.6. The maximum Gasteiger partial charge on any atom is 0.252 e. The molecule has 6 N–H and O–H groups in total. The Bertz CT molecular complexity index is 555. The molecular formula is C15H25N3O3. The molecule has 0 bridgehead atoms. The first kappa shape index (κ1) is 16.9. The average Bonchev–Trinajstić information content (AvgIpc) is 2.24. The zero-order valence-corrected chi connectivity index (χ0v) is 13.5. The van der Waals surface area contributed by atoms with Crippen LogP contribution in [0.25, 0.3) is 0 Å². The van der Waals surface area contributed by atoms with Crippen molar-refractivity contribution in [3.8, 4) is 11.5 Å². The molecule has 0 radical (unpaired) electrons. The first-order valence-corrected chi connectivity index (χ1v) is 6.71. The standard InChI is InChI=1S/C15H25N3O3/c1-14(2,3)20-11-8(13(18)19)7-9(16)12(10(11)17)21-15(4,5)6/h7H,16-17H2,1-6H3,(H2,18,19). The van der Waals surface area contributed by atoms with Gasteiger partial charge in [0.15, 0.2) is 11.5 Å². The van der Waals surface area contributed by atoms with Gasteiger partial charge in [0, 0.05) is 0 Å². The fraction of sp³-hybridized carbons (Fsp3) is 0.533. The van der Waals surface area contributed by atoms with E-state index in [0.29, 0.717) is 5.75 Å². The van der Waals surface area contributed by atoms with Crippen LogP contribution in [0.1, 0.15) is 51.9 Å². The summed E-state index contributed by atoms with van der Waals surface area (Å²) in [6.07, 6.45) is 0. The summed E-state index contributed by atoms with van der Waals surface area (Å²) >= 11 is 0. The molecule has 6 nitrogen and oxygen atoms in total. The second-order valence-corrected chi connectivity index (χ2v) is 6.88. The molecule has 21 heavy (non-hydrogen) atoms. The van der Waals surface area contributed by atoms with Gasteiger partial charge in [0.2, 0.25) is 0 Å². The highest BCUT2D eigenvalue weighted by molar-refractivity contribution is 6.00. The van der Waals surface area contributed by atoms with Gasteiger partial charge in [0.25, 0.3) is 5.91 Å². The molecule has 0 fully saturated rings. The van der Waals surface area contributed by atoms with E-state index in [1.165, 1.54) is 6.07 Å². The summed E-state index contributed by atoms with van der Waals surface area (Å²) in [5.74, 6) is -0.162. The van der Waals surface area contributed by atoms with Crippen molar-refractivity contribution in [2.75, 3.05) is 11.5 Å². The number of carbonyl (C=O) groups excluding carboxylic acids is 1. The van der Waals surface area contributed by atoms with Crippen LogP contribution in [0.15, 0.2) is 6.07 Å². The summed E-state index contributed by atoms with van der Waals surface area (Å²) in [5.41, 5.74) is 16.9. The topological polar surface area (TPSA) is 114 Å². The van der Waals surface area contributed by atoms with Crippen LogP contribution in [-0.2, 0) is 0 Å². The molecule has 0 unspecified atom stereocenters. The third kappa shape index (κ3) is 4.44. The van der Waals surface area contributed by atoms with Crippen LogP contribution in [-0.4, -0.2) is 17.1 Å². The van der Waals surface area contributed by atoms with Crippen LogP contribution in [0.5, 0.6) is 11.5 Å². The number of primary amides is 1. The number of rotatable bonds is 3. The van der Waals surface area contributed by atoms with Gasteiger partial charge >= 0.3 is 0 Å². The van der Waals surface area contributed by atoms with Crippen molar-refractivity contribution < 1.29 is 14.3 Å². The molecule has 6 heteroatoms. The Morgan fingerprint density at radius 1 is 0.952 bits per heavy atom. The highest BCUT2D eigenvalue weighted by Gasteiger charge is 2.26. The fourth-order valence-electron chi connectivity index (χ4n) is 1.71. The van der Waals surface area contributed by atoms with Crippen LogP contribution < -0.4 is 26.7 Å². The molecule has 1 aromatic carbocycles. The van der Waals surface area contributed by atoms with Crippen molar-refractivity contribution in [3.05, 3.63) is 11.6 Å². The number of nitrogen functional groups attached to an aromatic ring is 2. The molecule has 0 saturated heterocycles. The number of hydrogen-bond acceptors (Lipinski definition) is 5. The first-order valence-electron chi connectivity index (χ1n) is 6.71. The predicted molar refractivity (Wildman–Crippen MR) is 84.5 cm³/mol. The zero-order chi connectivity index (χ0) is 16.6. The van der Waals surface area contributed by atoms with Gasteiger partial charge < -0.3 is 26.7 Å². The summed E-state index contributed by atoms with van der Waals surface area (Å²) in [5, 5.41) is 0. The fourth-order valence-corrected chi connectivity index (χ4v) is 1.71. The van der Waals surface area contributed by atoms with Gasteiger partial charge in [-0.05, 0) is 47.6 Å². The Morgan fingerprint density at radius 3 is 1.76 bits per heavy atom. The molecule has 0 spiro atoms. The largest absolute Gasteiger partial charge is 0.485 e. The van der Waals surface area contributed by atoms with Crippen molar-refractivity contribution >= 4 is 17.3 Å². The molecule has 0 aliphatic heterocycles. The van der Waals surface area contributed by atoms with Gasteiger partial charge in [-0.15, -0.1) is 0 Å². The lowest BCUT2D eigenvalue weighted by atomic mass is 10.1. The summed E-state index contributed by atoms with van der Waals surface area (Å²) in [7, 11) is 0. The summed E-state index contributed by atoms with van der Waals surface area (Å²) < 4.78 is 11.5. The van der Waals surface area contributed by atoms with E-state index in [4.69, 9.17) is 26.7 Å². The van der Waals surface area contributed by atoms with Crippen LogP contribution in [0.2, 0.25) is 0 Å². The number of nitrogens with two attached hydrogens (primary N) is 3. The van der Waals surface area contributed by atoms with Gasteiger partial charge in [-0.1, -0.05) is 0 Å². The number of carbonyl (C=O) groups is 1. The van der Waals surface area contributed by atoms with E-state index in [2.05, 4.69) is 0 Å². The Balaban J connectivity index is 3.50. The zero-order valence-electron chi connectivity index (χ0n) is 13.5. The van der Waals surface area contributed by atoms with E-state index in [1.807, 2.05) is 41.5 Å². The van der Waals surface area contributed by atoms with Crippen molar-refractivity contribution in [1.82, 2.24) is 0 Å². The Morgan fingerprint density at radius 2 is 1.38 bits per heavy atom. The van der Waals surface area contributed by atoms with Gasteiger partial charge in [0.1, 0.15) is 16.9 Å². The van der Waals surface area contributed by atoms with Crippen molar-refractivity contribution in [3.63, 3.8) is 0 Å². The van der Waals surface area contributed by atoms with Crippen LogP contribution in [0.4, 0.5) is 11.4 Å². The lowest BCUT2D eigenvalue weighted by Crippen LogP contribution is -2.28. The quantitative estimate of drug-likeness (QED) is 0.740. The minimum Gasteiger partial charge on any atom is -0.485 e. The highest BCUT2D eigenvalue weighted by Crippen LogP contribution is 2.42. The molecule has 0 heterocycles. The summed E-state index contributed by atoms with van der Waals surface area (Å²) in [6.45, 7) is 11.2. The Hall–Kier alpha value is -2.11. The van der Waals surface area contributed by atoms with Gasteiger partial charge in [-0.2, -0.15) is 0 Å². The first-order chi connectivity index (χ1) is 9.32. The molecule has 1 rings (SSSR count). The third-order valence-electron chi connectivity index (χ3n) is 2.38. The smallest absolute Gasteiger partial charge is 0.252 e. The van der Waals surface area contributed by atoms with Crippen molar-refractivity contribution in [1.29, 1.82) is 0 Å². The minimum atomic E-state index is -0.657. The number of amides is 1. The van der Waals surface area contributed by atoms with Crippen LogP contribution in [0.3, 0.4) is 0 Å². The second-order valence-electron chi connectivity index (χ2n) is 6.88. The minimum absolute atomic E-state index is 0.140. The molecule has 1 amide bonds. The van der Waals surface area contributed by atoms with Crippen LogP contribution >= 0.6 is 0 Å². The molecule has 1 aromatic rings. The maximum absolute atomic E-state index is 11.6. The molecule has 118 valence electrons. The predicted octanol–water partition coefficient (Wildman–Crippen LogP) is 2.30. The number of ether oxygens (including phenoxy) is 2. The van der Waals surface area contributed by atoms with Crippen molar-refractivity contribution in [2.45, 2.75) is 52.7 Å². The average molecular weight is 295 g/mol. The molecular weight excluding hydrogens is 270 g/mol. The lowest BCUT2D eigenvalue weighted by molar-refractivity contribution is 0.0977.